The molecule has 0 aliphatic heterocycles. The lowest BCUT2D eigenvalue weighted by molar-refractivity contribution is 1.03. The maximum atomic E-state index is 5.54. The van der Waals surface area contributed by atoms with Crippen LogP contribution >= 0.6 is 0 Å². The van der Waals surface area contributed by atoms with Gasteiger partial charge in [0.15, 0.2) is 5.82 Å². The summed E-state index contributed by atoms with van der Waals surface area (Å²) in [5.74, 6) is 0.749. The van der Waals surface area contributed by atoms with Gasteiger partial charge in [0.05, 0.1) is 39.5 Å². The third-order valence-electron chi connectivity index (χ3n) is 12.0. The number of rotatable bonds is 4. The molecule has 3 aromatic heterocycles. The topological polar surface area (TPSA) is 35.6 Å². The molecule has 0 bridgehead atoms. The largest absolute Gasteiger partial charge is 0.307 e. The van der Waals surface area contributed by atoms with E-state index >= 15 is 0 Å². The number of para-hydroxylation sites is 1. The fourth-order valence-electron chi connectivity index (χ4n) is 9.67. The van der Waals surface area contributed by atoms with Gasteiger partial charge in [-0.2, -0.15) is 0 Å². The van der Waals surface area contributed by atoms with E-state index in [1.54, 1.807) is 0 Å². The van der Waals surface area contributed by atoms with E-state index in [1.807, 2.05) is 12.3 Å². The molecule has 4 heteroatoms. The zero-order valence-electron chi connectivity index (χ0n) is 31.2. The minimum atomic E-state index is 0.749. The predicted octanol–water partition coefficient (Wildman–Crippen LogP) is 14.1. The van der Waals surface area contributed by atoms with Crippen molar-refractivity contribution in [2.45, 2.75) is 6.92 Å². The lowest BCUT2D eigenvalue weighted by atomic mass is 9.94. The van der Waals surface area contributed by atoms with Gasteiger partial charge in [0.1, 0.15) is 0 Å². The SMILES string of the molecule is C=Cc1c(/C=C\C)c2ccc3c4ccccc4n(-c4ccc5c6ccccc6c6ccccc6c5c4)c3c2n1-c1cnc2c3ccccc3c3ccccc3c2n1. The summed E-state index contributed by atoms with van der Waals surface area (Å²) >= 11 is 0. The van der Waals surface area contributed by atoms with Crippen molar-refractivity contribution in [3.8, 4) is 11.5 Å². The molecular formula is C53H34N4. The number of allylic oxidation sites excluding steroid dienone is 1. The molecule has 4 nitrogen and oxygen atoms in total. The minimum Gasteiger partial charge on any atom is -0.307 e. The third-order valence-corrected chi connectivity index (χ3v) is 12.0. The number of nitrogens with zero attached hydrogens (tertiary/aromatic N) is 4. The fourth-order valence-corrected chi connectivity index (χ4v) is 9.67. The zero-order chi connectivity index (χ0) is 37.8. The van der Waals surface area contributed by atoms with Crippen molar-refractivity contribution in [1.82, 2.24) is 19.1 Å². The van der Waals surface area contributed by atoms with Gasteiger partial charge in [0.25, 0.3) is 0 Å². The van der Waals surface area contributed by atoms with Crippen molar-refractivity contribution < 1.29 is 0 Å². The van der Waals surface area contributed by atoms with E-state index in [0.717, 1.165) is 66.5 Å². The van der Waals surface area contributed by atoms with Crippen LogP contribution in [0.2, 0.25) is 0 Å². The Morgan fingerprint density at radius 1 is 0.474 bits per heavy atom. The molecule has 0 aliphatic rings. The molecule has 12 rings (SSSR count). The smallest absolute Gasteiger partial charge is 0.157 e. The first-order valence-corrected chi connectivity index (χ1v) is 19.5. The second kappa shape index (κ2) is 12.0. The summed E-state index contributed by atoms with van der Waals surface area (Å²) in [4.78, 5) is 10.8. The Morgan fingerprint density at radius 3 is 1.60 bits per heavy atom. The molecular weight excluding hydrogens is 693 g/mol. The Bertz CT molecular complexity index is 3660. The van der Waals surface area contributed by atoms with Gasteiger partial charge in [-0.1, -0.05) is 152 Å². The summed E-state index contributed by atoms with van der Waals surface area (Å²) < 4.78 is 4.74. The van der Waals surface area contributed by atoms with Crippen LogP contribution in [0.4, 0.5) is 0 Å². The summed E-state index contributed by atoms with van der Waals surface area (Å²) in [5, 5.41) is 15.6. The average Bonchev–Trinajstić information content (AvgIpc) is 3.79. The molecule has 12 aromatic rings. The molecule has 0 atom stereocenters. The van der Waals surface area contributed by atoms with Gasteiger partial charge in [-0.3, -0.25) is 9.55 Å². The second-order valence-electron chi connectivity index (χ2n) is 14.9. The standard InChI is InChI=1S/C53H34N4/c1-3-15-40-44-28-29-45-41-22-13-14-25-48(41)56(32-26-27-39-35-18-6-5-16-33(35)34-17-7-8-21-38(34)46(39)30-32)52(45)53(44)57(47(40)4-2)49-31-54-50-42-23-11-9-19-36(42)37-20-10-12-24-43(37)51(50)55-49/h3-31H,2H2,1H3/b15-3-. The Kier molecular flexibility index (Phi) is 6.67. The average molecular weight is 727 g/mol. The molecule has 0 fully saturated rings. The van der Waals surface area contributed by atoms with Gasteiger partial charge >= 0.3 is 0 Å². The molecule has 0 N–H and O–H groups in total. The summed E-state index contributed by atoms with van der Waals surface area (Å²) in [6.45, 7) is 6.46. The van der Waals surface area contributed by atoms with E-state index in [9.17, 15) is 0 Å². The quantitative estimate of drug-likeness (QED) is 0.169. The van der Waals surface area contributed by atoms with Gasteiger partial charge in [-0.15, -0.1) is 0 Å². The second-order valence-corrected chi connectivity index (χ2v) is 14.9. The van der Waals surface area contributed by atoms with E-state index in [1.165, 1.54) is 53.9 Å². The highest BCUT2D eigenvalue weighted by Crippen LogP contribution is 2.43. The lowest BCUT2D eigenvalue weighted by Gasteiger charge is -2.15. The molecule has 0 amide bonds. The van der Waals surface area contributed by atoms with Gasteiger partial charge in [-0.05, 0) is 74.3 Å². The fraction of sp³-hybridized carbons (Fsp3) is 0.0189. The minimum absolute atomic E-state index is 0.749. The van der Waals surface area contributed by atoms with E-state index in [-0.39, 0.29) is 0 Å². The van der Waals surface area contributed by atoms with Gasteiger partial charge in [0, 0.05) is 38.2 Å². The molecule has 0 unspecified atom stereocenters. The molecule has 0 aliphatic carbocycles. The summed E-state index contributed by atoms with van der Waals surface area (Å²) in [7, 11) is 0. The number of benzene rings is 9. The first kappa shape index (κ1) is 31.8. The Labute approximate surface area is 327 Å². The van der Waals surface area contributed by atoms with E-state index in [2.05, 4.69) is 186 Å². The summed E-state index contributed by atoms with van der Waals surface area (Å²) in [6, 6.07) is 54.9. The number of hydrogen-bond donors (Lipinski definition) is 0. The summed E-state index contributed by atoms with van der Waals surface area (Å²) in [6.07, 6.45) is 8.20. The highest BCUT2D eigenvalue weighted by Gasteiger charge is 2.24. The zero-order valence-corrected chi connectivity index (χ0v) is 31.2. The molecule has 0 saturated heterocycles. The first-order valence-electron chi connectivity index (χ1n) is 19.5. The monoisotopic (exact) mass is 726 g/mol. The van der Waals surface area contributed by atoms with Crippen LogP contribution in [0.25, 0.3) is 121 Å². The molecule has 3 heterocycles. The summed E-state index contributed by atoms with van der Waals surface area (Å²) in [5.41, 5.74) is 8.28. The molecule has 0 saturated carbocycles. The van der Waals surface area contributed by atoms with Crippen LogP contribution < -0.4 is 0 Å². The van der Waals surface area contributed by atoms with Crippen molar-refractivity contribution >= 4 is 110 Å². The van der Waals surface area contributed by atoms with Crippen LogP contribution in [0.3, 0.4) is 0 Å². The van der Waals surface area contributed by atoms with Crippen LogP contribution in [0.5, 0.6) is 0 Å². The molecule has 9 aromatic carbocycles. The maximum Gasteiger partial charge on any atom is 0.157 e. The normalized spacial score (nSPS) is 12.3. The Balaban J connectivity index is 1.25. The third kappa shape index (κ3) is 4.32. The van der Waals surface area contributed by atoms with Crippen molar-refractivity contribution in [2.75, 3.05) is 0 Å². The van der Waals surface area contributed by atoms with Crippen LogP contribution in [0, 0.1) is 0 Å². The lowest BCUT2D eigenvalue weighted by Crippen LogP contribution is -2.04. The molecule has 266 valence electrons. The van der Waals surface area contributed by atoms with Gasteiger partial charge in [-0.25, -0.2) is 4.98 Å². The first-order chi connectivity index (χ1) is 28.2. The van der Waals surface area contributed by atoms with Crippen molar-refractivity contribution in [3.05, 3.63) is 182 Å². The molecule has 0 spiro atoms. The molecule has 0 radical (unpaired) electrons. The Morgan fingerprint density at radius 2 is 0.965 bits per heavy atom. The maximum absolute atomic E-state index is 5.54. The number of hydrogen-bond acceptors (Lipinski definition) is 2. The van der Waals surface area contributed by atoms with Crippen molar-refractivity contribution in [2.24, 2.45) is 0 Å². The van der Waals surface area contributed by atoms with Crippen LogP contribution in [0.1, 0.15) is 18.2 Å². The van der Waals surface area contributed by atoms with E-state index in [0.29, 0.717) is 0 Å². The van der Waals surface area contributed by atoms with Gasteiger partial charge in [0.2, 0.25) is 0 Å². The number of aromatic nitrogens is 4. The van der Waals surface area contributed by atoms with Crippen molar-refractivity contribution in [3.63, 3.8) is 0 Å². The van der Waals surface area contributed by atoms with Crippen LogP contribution in [0.15, 0.2) is 171 Å². The van der Waals surface area contributed by atoms with E-state index < -0.39 is 0 Å². The molecule has 57 heavy (non-hydrogen) atoms. The van der Waals surface area contributed by atoms with Gasteiger partial charge < -0.3 is 4.57 Å². The van der Waals surface area contributed by atoms with Crippen LogP contribution in [-0.2, 0) is 0 Å². The Hall–Kier alpha value is -7.56. The predicted molar refractivity (Wildman–Crippen MR) is 243 cm³/mol. The van der Waals surface area contributed by atoms with Crippen molar-refractivity contribution in [1.29, 1.82) is 0 Å². The highest BCUT2D eigenvalue weighted by atomic mass is 15.1. The van der Waals surface area contributed by atoms with E-state index in [4.69, 9.17) is 9.97 Å². The van der Waals surface area contributed by atoms with Crippen LogP contribution in [-0.4, -0.2) is 19.1 Å². The number of fused-ring (bicyclic) bond motifs is 17. The highest BCUT2D eigenvalue weighted by molar-refractivity contribution is 6.27.